The molecule has 0 aromatic heterocycles. The van der Waals surface area contributed by atoms with Gasteiger partial charge in [0.05, 0.1) is 11.5 Å². The lowest BCUT2D eigenvalue weighted by Gasteiger charge is -2.21. The van der Waals surface area contributed by atoms with Gasteiger partial charge >= 0.3 is 0 Å². The molecule has 0 radical (unpaired) electrons. The Bertz CT molecular complexity index is 1260. The molecule has 0 bridgehead atoms. The molecule has 0 atom stereocenters. The largest absolute Gasteiger partial charge is 0.550 e. The van der Waals surface area contributed by atoms with E-state index >= 15 is 0 Å². The summed E-state index contributed by atoms with van der Waals surface area (Å²) in [6, 6.07) is 17.0. The number of carbonyl (C=O) groups excluding carboxylic acids is 1. The van der Waals surface area contributed by atoms with Gasteiger partial charge < -0.3 is 19.2 Å². The fourth-order valence-electron chi connectivity index (χ4n) is 4.04. The lowest BCUT2D eigenvalue weighted by atomic mass is 10.0. The molecule has 2 aromatic rings. The van der Waals surface area contributed by atoms with Crippen LogP contribution >= 0.6 is 0 Å². The molecule has 4 rings (SSSR count). The standard InChI is InChI=1S/C24H28N3O.C2H4O2/c1-5-26(6-2)17-13-14-20-22(15-17)28-23-16-21(27(7-3)8-4)18-11-9-10-12-19(18)24(23)25-20;1-2(3)4/h9-16H,5-8H2,1-4H3;1H3,(H,3,4)/q+1;/p-1. The number of carbonyl (C=O) groups is 1. The molecule has 0 saturated heterocycles. The van der Waals surface area contributed by atoms with Crippen molar-refractivity contribution in [2.24, 2.45) is 0 Å². The number of aromatic nitrogens is 1. The van der Waals surface area contributed by atoms with Gasteiger partial charge in [0.2, 0.25) is 5.36 Å². The van der Waals surface area contributed by atoms with Crippen molar-refractivity contribution in [1.82, 2.24) is 9.56 Å². The topological polar surface area (TPSA) is 72.4 Å². The van der Waals surface area contributed by atoms with Crippen LogP contribution in [0.4, 0.5) is 5.69 Å². The molecule has 0 amide bonds. The summed E-state index contributed by atoms with van der Waals surface area (Å²) in [6.45, 7) is 13.6. The van der Waals surface area contributed by atoms with E-state index in [0.29, 0.717) is 0 Å². The third-order valence-electron chi connectivity index (χ3n) is 5.59. The van der Waals surface area contributed by atoms with E-state index in [1.807, 2.05) is 0 Å². The summed E-state index contributed by atoms with van der Waals surface area (Å²) in [6.07, 6.45) is 0. The molecular formula is C26H31N3O3. The van der Waals surface area contributed by atoms with Crippen LogP contribution in [0, 0.1) is 0 Å². The molecule has 1 heterocycles. The third kappa shape index (κ3) is 4.74. The lowest BCUT2D eigenvalue weighted by molar-refractivity contribution is -0.302. The summed E-state index contributed by atoms with van der Waals surface area (Å²) in [5.74, 6) is -0.246. The first kappa shape index (κ1) is 23.3. The first-order chi connectivity index (χ1) is 15.4. The molecule has 32 heavy (non-hydrogen) atoms. The number of benzene rings is 3. The number of carboxylic acids is 1. The molecule has 0 unspecified atom stereocenters. The zero-order chi connectivity index (χ0) is 23.3. The molecule has 2 aliphatic rings. The van der Waals surface area contributed by atoms with E-state index in [9.17, 15) is 0 Å². The molecular weight excluding hydrogens is 402 g/mol. The summed E-state index contributed by atoms with van der Waals surface area (Å²) in [5, 5.41) is 12.5. The maximum absolute atomic E-state index is 8.89. The van der Waals surface area contributed by atoms with Crippen LogP contribution in [-0.2, 0) is 4.79 Å². The van der Waals surface area contributed by atoms with Gasteiger partial charge in [-0.25, -0.2) is 9.56 Å². The second kappa shape index (κ2) is 10.3. The normalized spacial score (nSPS) is 10.8. The van der Waals surface area contributed by atoms with Crippen molar-refractivity contribution in [2.45, 2.75) is 34.6 Å². The average molecular weight is 434 g/mol. The second-order valence-electron chi connectivity index (χ2n) is 7.49. The van der Waals surface area contributed by atoms with Gasteiger partial charge in [-0.3, -0.25) is 0 Å². The zero-order valence-corrected chi connectivity index (χ0v) is 19.5. The van der Waals surface area contributed by atoms with E-state index in [0.717, 1.165) is 61.0 Å². The molecule has 0 saturated carbocycles. The number of hydrogen-bond donors (Lipinski definition) is 0. The number of carboxylic acid groups (broad SMARTS) is 1. The van der Waals surface area contributed by atoms with Crippen molar-refractivity contribution < 1.29 is 14.3 Å². The molecule has 0 fully saturated rings. The Morgan fingerprint density at radius 1 is 1.00 bits per heavy atom. The van der Waals surface area contributed by atoms with Gasteiger partial charge in [0.1, 0.15) is 24.3 Å². The molecule has 6 heteroatoms. The highest BCUT2D eigenvalue weighted by Gasteiger charge is 2.18. The highest BCUT2D eigenvalue weighted by atomic mass is 16.4. The average Bonchev–Trinajstić information content (AvgIpc) is 2.79. The molecule has 6 nitrogen and oxygen atoms in total. The maximum Gasteiger partial charge on any atom is 0.211 e. The van der Waals surface area contributed by atoms with Gasteiger partial charge in [-0.1, -0.05) is 18.2 Å². The van der Waals surface area contributed by atoms with Gasteiger partial charge in [0.15, 0.2) is 11.3 Å². The lowest BCUT2D eigenvalue weighted by Crippen LogP contribution is -2.30. The smallest absolute Gasteiger partial charge is 0.211 e. The highest BCUT2D eigenvalue weighted by molar-refractivity contribution is 5.96. The molecule has 0 spiro atoms. The number of fused-ring (bicyclic) bond motifs is 4. The predicted molar refractivity (Wildman–Crippen MR) is 129 cm³/mol. The molecule has 0 N–H and O–H groups in total. The van der Waals surface area contributed by atoms with Crippen molar-refractivity contribution >= 4 is 33.5 Å². The van der Waals surface area contributed by atoms with E-state index in [1.165, 1.54) is 16.4 Å². The zero-order valence-electron chi connectivity index (χ0n) is 19.5. The van der Waals surface area contributed by atoms with Crippen LogP contribution in [0.1, 0.15) is 34.6 Å². The van der Waals surface area contributed by atoms with Gasteiger partial charge in [-0.15, -0.1) is 0 Å². The Hall–Kier alpha value is -3.41. The first-order valence-electron chi connectivity index (χ1n) is 11.2. The number of rotatable bonds is 5. The highest BCUT2D eigenvalue weighted by Crippen LogP contribution is 2.31. The fourth-order valence-corrected chi connectivity index (χ4v) is 4.04. The van der Waals surface area contributed by atoms with Crippen molar-refractivity contribution in [3.63, 3.8) is 0 Å². The Balaban J connectivity index is 0.000000668. The Morgan fingerprint density at radius 3 is 2.22 bits per heavy atom. The molecule has 2 aromatic carbocycles. The SMILES string of the molecule is CC(=O)[O-].CCN(CC)c1ccc2nc3c4ccccc4c(=[N+](CC)CC)cc-3oc2c1. The summed E-state index contributed by atoms with van der Waals surface area (Å²) in [5.41, 5.74) is 3.82. The summed E-state index contributed by atoms with van der Waals surface area (Å²) in [7, 11) is 0. The van der Waals surface area contributed by atoms with Crippen molar-refractivity contribution in [2.75, 3.05) is 31.1 Å². The molecule has 168 valence electrons. The van der Waals surface area contributed by atoms with E-state index < -0.39 is 5.97 Å². The van der Waals surface area contributed by atoms with Gasteiger partial charge in [-0.2, -0.15) is 0 Å². The van der Waals surface area contributed by atoms with Crippen molar-refractivity contribution in [3.8, 4) is 11.5 Å². The Morgan fingerprint density at radius 2 is 1.62 bits per heavy atom. The summed E-state index contributed by atoms with van der Waals surface area (Å²) in [4.78, 5) is 16.2. The maximum atomic E-state index is 8.89. The number of aliphatic carboxylic acids is 1. The minimum absolute atomic E-state index is 0.831. The number of hydrogen-bond acceptors (Lipinski definition) is 5. The number of nitrogens with zero attached hydrogens (tertiary/aromatic N) is 3. The van der Waals surface area contributed by atoms with E-state index in [-0.39, 0.29) is 0 Å². The summed E-state index contributed by atoms with van der Waals surface area (Å²) >= 11 is 0. The van der Waals surface area contributed by atoms with Crippen LogP contribution in [0.25, 0.3) is 33.3 Å². The van der Waals surface area contributed by atoms with Crippen LogP contribution in [0.3, 0.4) is 0 Å². The minimum Gasteiger partial charge on any atom is -0.550 e. The van der Waals surface area contributed by atoms with Crippen LogP contribution in [0.2, 0.25) is 0 Å². The molecule has 1 aliphatic heterocycles. The van der Waals surface area contributed by atoms with Crippen molar-refractivity contribution in [1.29, 1.82) is 0 Å². The van der Waals surface area contributed by atoms with Crippen LogP contribution < -0.4 is 19.9 Å². The van der Waals surface area contributed by atoms with Gasteiger partial charge in [-0.05, 0) is 52.8 Å². The third-order valence-corrected chi connectivity index (χ3v) is 5.59. The van der Waals surface area contributed by atoms with Crippen LogP contribution in [0.5, 0.6) is 0 Å². The Kier molecular flexibility index (Phi) is 7.46. The minimum atomic E-state index is -1.08. The fraction of sp³-hybridized carbons (Fsp3) is 0.346. The monoisotopic (exact) mass is 433 g/mol. The van der Waals surface area contributed by atoms with Gasteiger partial charge in [0, 0.05) is 36.2 Å². The second-order valence-corrected chi connectivity index (χ2v) is 7.49. The first-order valence-corrected chi connectivity index (χ1v) is 11.2. The number of anilines is 1. The predicted octanol–water partition coefficient (Wildman–Crippen LogP) is 3.50. The Labute approximate surface area is 188 Å². The van der Waals surface area contributed by atoms with Crippen LogP contribution in [-0.4, -0.2) is 37.1 Å². The van der Waals surface area contributed by atoms with Gasteiger partial charge in [0.25, 0.3) is 0 Å². The van der Waals surface area contributed by atoms with E-state index in [4.69, 9.17) is 19.3 Å². The van der Waals surface area contributed by atoms with Crippen molar-refractivity contribution in [3.05, 3.63) is 53.9 Å². The molecule has 1 aliphatic carbocycles. The summed E-state index contributed by atoms with van der Waals surface area (Å²) < 4.78 is 8.77. The van der Waals surface area contributed by atoms with E-state index in [2.05, 4.69) is 85.7 Å². The quantitative estimate of drug-likeness (QED) is 0.274. The van der Waals surface area contributed by atoms with E-state index in [1.54, 1.807) is 0 Å². The van der Waals surface area contributed by atoms with Crippen LogP contribution in [0.15, 0.2) is 52.9 Å².